The van der Waals surface area contributed by atoms with Crippen LogP contribution in [0.2, 0.25) is 0 Å². The summed E-state index contributed by atoms with van der Waals surface area (Å²) in [6.45, 7) is 2.47. The summed E-state index contributed by atoms with van der Waals surface area (Å²) in [5.74, 6) is 4.48. The van der Waals surface area contributed by atoms with Crippen LogP contribution in [0.25, 0.3) is 0 Å². The molecule has 2 rings (SSSR count). The van der Waals surface area contributed by atoms with Gasteiger partial charge in [0.15, 0.2) is 0 Å². The maximum Gasteiger partial charge on any atom is 0.0219 e. The summed E-state index contributed by atoms with van der Waals surface area (Å²) < 4.78 is 0.426. The van der Waals surface area contributed by atoms with E-state index in [0.717, 1.165) is 17.6 Å². The van der Waals surface area contributed by atoms with E-state index < -0.39 is 0 Å². The smallest absolute Gasteiger partial charge is 0.0219 e. The Balaban J connectivity index is 1.64. The maximum atomic E-state index is 4.68. The lowest BCUT2D eigenvalue weighted by Gasteiger charge is -2.31. The molecule has 0 saturated heterocycles. The first-order chi connectivity index (χ1) is 10.2. The predicted molar refractivity (Wildman–Crippen MR) is 102 cm³/mol. The van der Waals surface area contributed by atoms with E-state index in [1.54, 1.807) is 0 Å². The van der Waals surface area contributed by atoms with Gasteiger partial charge in [0.1, 0.15) is 0 Å². The van der Waals surface area contributed by atoms with Gasteiger partial charge >= 0.3 is 0 Å². The average Bonchev–Trinajstić information content (AvgIpc) is 2.55. The van der Waals surface area contributed by atoms with Crippen molar-refractivity contribution < 1.29 is 0 Å². The quantitative estimate of drug-likeness (QED) is 0.481. The van der Waals surface area contributed by atoms with Crippen molar-refractivity contribution >= 4 is 24.4 Å². The molecule has 1 atom stereocenters. The molecule has 124 valence electrons. The Labute approximate surface area is 143 Å². The summed E-state index contributed by atoms with van der Waals surface area (Å²) in [4.78, 5) is 0. The first-order valence-electron chi connectivity index (χ1n) is 9.47. The molecule has 2 aliphatic rings. The van der Waals surface area contributed by atoms with Crippen LogP contribution < -0.4 is 0 Å². The third-order valence-electron chi connectivity index (χ3n) is 5.84. The standard InChI is InChI=1S/C19H36S2/c1-19(16-20,14-12-17-8-4-2-5-9-17)21-15-13-18-10-6-3-7-11-18/h17-18,20H,2-16H2,1H3. The highest BCUT2D eigenvalue weighted by molar-refractivity contribution is 8.01. The molecule has 1 unspecified atom stereocenters. The van der Waals surface area contributed by atoms with Crippen LogP contribution in [-0.4, -0.2) is 16.3 Å². The van der Waals surface area contributed by atoms with E-state index in [0.29, 0.717) is 4.75 Å². The first kappa shape index (κ1) is 18.0. The van der Waals surface area contributed by atoms with Gasteiger partial charge in [0.25, 0.3) is 0 Å². The van der Waals surface area contributed by atoms with E-state index in [9.17, 15) is 0 Å². The Morgan fingerprint density at radius 2 is 1.38 bits per heavy atom. The molecule has 0 aromatic heterocycles. The molecule has 0 aliphatic heterocycles. The molecule has 0 aromatic carbocycles. The molecule has 2 heteroatoms. The third kappa shape index (κ3) is 6.77. The summed E-state index contributed by atoms with van der Waals surface area (Å²) in [6, 6.07) is 0. The third-order valence-corrected chi connectivity index (χ3v) is 8.24. The second-order valence-electron chi connectivity index (χ2n) is 7.79. The second-order valence-corrected chi connectivity index (χ2v) is 9.79. The van der Waals surface area contributed by atoms with Crippen molar-refractivity contribution in [1.82, 2.24) is 0 Å². The zero-order chi connectivity index (χ0) is 15.0. The highest BCUT2D eigenvalue weighted by Crippen LogP contribution is 2.37. The molecule has 0 amide bonds. The topological polar surface area (TPSA) is 0 Å². The van der Waals surface area contributed by atoms with Crippen LogP contribution in [0.1, 0.15) is 90.4 Å². The Kier molecular flexibility index (Phi) is 8.38. The van der Waals surface area contributed by atoms with Crippen molar-refractivity contribution in [2.24, 2.45) is 11.8 Å². The number of hydrogen-bond acceptors (Lipinski definition) is 2. The van der Waals surface area contributed by atoms with Crippen LogP contribution >= 0.6 is 24.4 Å². The Bertz CT molecular complexity index is 267. The number of hydrogen-bond donors (Lipinski definition) is 1. The molecular formula is C19H36S2. The molecule has 0 bridgehead atoms. The van der Waals surface area contributed by atoms with Crippen molar-refractivity contribution in [2.75, 3.05) is 11.5 Å². The van der Waals surface area contributed by atoms with E-state index in [4.69, 9.17) is 0 Å². The van der Waals surface area contributed by atoms with Gasteiger partial charge in [-0.05, 0) is 43.8 Å². The van der Waals surface area contributed by atoms with Gasteiger partial charge in [-0.15, -0.1) is 0 Å². The zero-order valence-corrected chi connectivity index (χ0v) is 15.8. The summed E-state index contributed by atoms with van der Waals surface area (Å²) in [5, 5.41) is 0. The monoisotopic (exact) mass is 328 g/mol. The molecule has 0 nitrogen and oxygen atoms in total. The van der Waals surface area contributed by atoms with Gasteiger partial charge < -0.3 is 0 Å². The van der Waals surface area contributed by atoms with Gasteiger partial charge in [-0.2, -0.15) is 24.4 Å². The van der Waals surface area contributed by atoms with Crippen LogP contribution in [0.15, 0.2) is 0 Å². The van der Waals surface area contributed by atoms with E-state index in [-0.39, 0.29) is 0 Å². The fourth-order valence-corrected chi connectivity index (χ4v) is 5.86. The van der Waals surface area contributed by atoms with Gasteiger partial charge in [0.05, 0.1) is 0 Å². The molecule has 2 aliphatic carbocycles. The van der Waals surface area contributed by atoms with Gasteiger partial charge in [0.2, 0.25) is 0 Å². The Hall–Kier alpha value is 0.700. The number of rotatable bonds is 8. The summed E-state index contributed by atoms with van der Waals surface area (Å²) >= 11 is 6.91. The average molecular weight is 329 g/mol. The largest absolute Gasteiger partial charge is 0.178 e. The van der Waals surface area contributed by atoms with Crippen LogP contribution in [0.5, 0.6) is 0 Å². The molecule has 2 saturated carbocycles. The van der Waals surface area contributed by atoms with Crippen LogP contribution in [0.3, 0.4) is 0 Å². The number of thiol groups is 1. The van der Waals surface area contributed by atoms with Crippen LogP contribution in [-0.2, 0) is 0 Å². The van der Waals surface area contributed by atoms with E-state index in [1.165, 1.54) is 89.2 Å². The zero-order valence-electron chi connectivity index (χ0n) is 14.1. The fourth-order valence-electron chi connectivity index (χ4n) is 4.13. The Morgan fingerprint density at radius 1 is 0.857 bits per heavy atom. The maximum absolute atomic E-state index is 4.68. The van der Waals surface area contributed by atoms with E-state index in [1.807, 2.05) is 0 Å². The lowest BCUT2D eigenvalue weighted by Crippen LogP contribution is -2.25. The van der Waals surface area contributed by atoms with Crippen LogP contribution in [0, 0.1) is 11.8 Å². The van der Waals surface area contributed by atoms with E-state index >= 15 is 0 Å². The van der Waals surface area contributed by atoms with Crippen molar-refractivity contribution in [3.8, 4) is 0 Å². The van der Waals surface area contributed by atoms with E-state index in [2.05, 4.69) is 31.3 Å². The minimum atomic E-state index is 0.426. The summed E-state index contributed by atoms with van der Waals surface area (Å²) in [6.07, 6.45) is 19.2. The van der Waals surface area contributed by atoms with Crippen LogP contribution in [0.4, 0.5) is 0 Å². The molecule has 21 heavy (non-hydrogen) atoms. The minimum Gasteiger partial charge on any atom is -0.178 e. The molecular weight excluding hydrogens is 292 g/mol. The van der Waals surface area contributed by atoms with Gasteiger partial charge in [-0.25, -0.2) is 0 Å². The summed E-state index contributed by atoms with van der Waals surface area (Å²) in [7, 11) is 0. The molecule has 0 radical (unpaired) electrons. The molecule has 0 heterocycles. The lowest BCUT2D eigenvalue weighted by atomic mass is 9.84. The molecule has 0 aromatic rings. The lowest BCUT2D eigenvalue weighted by molar-refractivity contribution is 0.323. The second kappa shape index (κ2) is 9.75. The molecule has 2 fully saturated rings. The highest BCUT2D eigenvalue weighted by Gasteiger charge is 2.26. The number of thioether (sulfide) groups is 1. The van der Waals surface area contributed by atoms with Crippen molar-refractivity contribution in [3.05, 3.63) is 0 Å². The van der Waals surface area contributed by atoms with Gasteiger partial charge in [-0.3, -0.25) is 0 Å². The summed E-state index contributed by atoms with van der Waals surface area (Å²) in [5.41, 5.74) is 0. The predicted octanol–water partition coefficient (Wildman–Crippen LogP) is 6.74. The highest BCUT2D eigenvalue weighted by atomic mass is 32.2. The molecule has 0 spiro atoms. The van der Waals surface area contributed by atoms with Crippen molar-refractivity contribution in [2.45, 2.75) is 95.1 Å². The molecule has 0 N–H and O–H groups in total. The van der Waals surface area contributed by atoms with Crippen molar-refractivity contribution in [1.29, 1.82) is 0 Å². The van der Waals surface area contributed by atoms with Gasteiger partial charge in [0, 0.05) is 10.5 Å². The fraction of sp³-hybridized carbons (Fsp3) is 1.00. The SMILES string of the molecule is CC(CS)(CCC1CCCCC1)SCCC1CCCCC1. The van der Waals surface area contributed by atoms with Crippen molar-refractivity contribution in [3.63, 3.8) is 0 Å². The normalized spacial score (nSPS) is 24.9. The minimum absolute atomic E-state index is 0.426. The Morgan fingerprint density at radius 3 is 1.90 bits per heavy atom. The van der Waals surface area contributed by atoms with Gasteiger partial charge in [-0.1, -0.05) is 64.2 Å². The first-order valence-corrected chi connectivity index (χ1v) is 11.1.